The van der Waals surface area contributed by atoms with Crippen molar-refractivity contribution in [2.24, 2.45) is 0 Å². The quantitative estimate of drug-likeness (QED) is 0.521. The van der Waals surface area contributed by atoms with Gasteiger partial charge in [0, 0.05) is 12.6 Å². The third-order valence-corrected chi connectivity index (χ3v) is 4.15. The van der Waals surface area contributed by atoms with Crippen molar-refractivity contribution in [1.29, 1.82) is 0 Å². The fraction of sp³-hybridized carbons (Fsp3) is 0.211. The number of fused-ring (bicyclic) bond motifs is 1. The Bertz CT molecular complexity index is 922. The zero-order valence-corrected chi connectivity index (χ0v) is 15.9. The topological polar surface area (TPSA) is 126 Å². The number of hydrogen-bond acceptors (Lipinski definition) is 6. The Morgan fingerprint density at radius 1 is 1.24 bits per heavy atom. The number of carbonyl (C=O) groups excluding carboxylic acids is 3. The van der Waals surface area contributed by atoms with Gasteiger partial charge in [0.15, 0.2) is 6.61 Å². The molecule has 2 aromatic rings. The van der Waals surface area contributed by atoms with Crippen LogP contribution in [0.25, 0.3) is 0 Å². The van der Waals surface area contributed by atoms with E-state index in [-0.39, 0.29) is 36.4 Å². The second-order valence-electron chi connectivity index (χ2n) is 6.11. The molecule has 0 aliphatic carbocycles. The molecule has 0 saturated carbocycles. The fourth-order valence-electron chi connectivity index (χ4n) is 2.43. The van der Waals surface area contributed by atoms with Gasteiger partial charge in [-0.05, 0) is 18.2 Å². The van der Waals surface area contributed by atoms with Crippen LogP contribution >= 0.6 is 11.6 Å². The molecule has 1 heterocycles. The first-order valence-electron chi connectivity index (χ1n) is 8.63. The highest BCUT2D eigenvalue weighted by atomic mass is 35.5. The second-order valence-corrected chi connectivity index (χ2v) is 6.51. The molecule has 0 unspecified atom stereocenters. The lowest BCUT2D eigenvalue weighted by Gasteiger charge is -2.19. The maximum atomic E-state index is 12.1. The summed E-state index contributed by atoms with van der Waals surface area (Å²) in [6, 6.07) is 11.7. The van der Waals surface area contributed by atoms with Gasteiger partial charge in [-0.3, -0.25) is 14.4 Å². The van der Waals surface area contributed by atoms with E-state index in [9.17, 15) is 19.5 Å². The summed E-state index contributed by atoms with van der Waals surface area (Å²) in [5, 5.41) is 17.3. The number of ether oxygens (including phenoxy) is 2. The van der Waals surface area contributed by atoms with Crippen molar-refractivity contribution in [2.45, 2.75) is 6.10 Å². The van der Waals surface area contributed by atoms with E-state index in [2.05, 4.69) is 16.0 Å². The zero-order valence-electron chi connectivity index (χ0n) is 15.1. The van der Waals surface area contributed by atoms with E-state index in [0.717, 1.165) is 0 Å². The number of aliphatic hydroxyl groups excluding tert-OH is 1. The minimum absolute atomic E-state index is 0.0500. The average Bonchev–Trinajstić information content (AvgIpc) is 2.71. The summed E-state index contributed by atoms with van der Waals surface area (Å²) in [6.45, 7) is -0.386. The molecule has 0 fully saturated rings. The molecule has 0 bridgehead atoms. The van der Waals surface area contributed by atoms with Crippen molar-refractivity contribution < 1.29 is 29.0 Å². The van der Waals surface area contributed by atoms with E-state index in [4.69, 9.17) is 21.1 Å². The average molecular weight is 420 g/mol. The van der Waals surface area contributed by atoms with Crippen LogP contribution in [0.1, 0.15) is 0 Å². The molecule has 9 nitrogen and oxygen atoms in total. The SMILES string of the molecule is O=C1COc2cc(NC(=O)C(=O)NC[C@@H](O)COc3ccccc3)c(Cl)cc2N1. The highest BCUT2D eigenvalue weighted by Gasteiger charge is 2.21. The first-order chi connectivity index (χ1) is 13.9. The summed E-state index contributed by atoms with van der Waals surface area (Å²) in [6.07, 6.45) is -1.00. The zero-order chi connectivity index (χ0) is 20.8. The molecule has 0 radical (unpaired) electrons. The van der Waals surface area contributed by atoms with Crippen molar-refractivity contribution >= 4 is 40.7 Å². The molecule has 1 aliphatic heterocycles. The van der Waals surface area contributed by atoms with Crippen molar-refractivity contribution in [3.8, 4) is 11.5 Å². The van der Waals surface area contributed by atoms with Crippen LogP contribution in [0.2, 0.25) is 5.02 Å². The molecule has 29 heavy (non-hydrogen) atoms. The van der Waals surface area contributed by atoms with Gasteiger partial charge in [-0.25, -0.2) is 0 Å². The summed E-state index contributed by atoms with van der Waals surface area (Å²) < 4.78 is 10.6. The lowest BCUT2D eigenvalue weighted by molar-refractivity contribution is -0.136. The predicted molar refractivity (Wildman–Crippen MR) is 105 cm³/mol. The third-order valence-electron chi connectivity index (χ3n) is 3.84. The summed E-state index contributed by atoms with van der Waals surface area (Å²) >= 11 is 6.07. The van der Waals surface area contributed by atoms with Crippen molar-refractivity contribution in [3.05, 3.63) is 47.5 Å². The molecule has 10 heteroatoms. The molecule has 2 aromatic carbocycles. The van der Waals surface area contributed by atoms with E-state index in [1.165, 1.54) is 12.1 Å². The lowest BCUT2D eigenvalue weighted by atomic mass is 10.2. The van der Waals surface area contributed by atoms with Gasteiger partial charge >= 0.3 is 11.8 Å². The Morgan fingerprint density at radius 3 is 2.76 bits per heavy atom. The standard InChI is InChI=1S/C19H18ClN3O6/c20-13-6-15-16(29-10-17(25)22-15)7-14(13)23-19(27)18(26)21-8-11(24)9-28-12-4-2-1-3-5-12/h1-7,11,24H,8-10H2,(H,21,26)(H,22,25)(H,23,27)/t11-/m1/s1. The summed E-state index contributed by atoms with van der Waals surface area (Å²) in [4.78, 5) is 35.3. The smallest absolute Gasteiger partial charge is 0.313 e. The summed E-state index contributed by atoms with van der Waals surface area (Å²) in [5.41, 5.74) is 0.518. The number of benzene rings is 2. The number of anilines is 2. The molecule has 0 spiro atoms. The Kier molecular flexibility index (Phi) is 6.53. The van der Waals surface area contributed by atoms with E-state index < -0.39 is 17.9 Å². The number of halogens is 1. The minimum atomic E-state index is -1.00. The van der Waals surface area contributed by atoms with Gasteiger partial charge < -0.3 is 30.5 Å². The van der Waals surface area contributed by atoms with Crippen LogP contribution in [0.5, 0.6) is 11.5 Å². The molecule has 1 atom stereocenters. The van der Waals surface area contributed by atoms with Crippen LogP contribution in [0, 0.1) is 0 Å². The van der Waals surface area contributed by atoms with Gasteiger partial charge in [-0.2, -0.15) is 0 Å². The van der Waals surface area contributed by atoms with Crippen molar-refractivity contribution in [3.63, 3.8) is 0 Å². The highest BCUT2D eigenvalue weighted by molar-refractivity contribution is 6.41. The molecular formula is C19H18ClN3O6. The molecule has 0 aromatic heterocycles. The molecule has 1 aliphatic rings. The first kappa shape index (κ1) is 20.4. The van der Waals surface area contributed by atoms with Crippen LogP contribution in [0.3, 0.4) is 0 Å². The van der Waals surface area contributed by atoms with Crippen LogP contribution in [0.15, 0.2) is 42.5 Å². The third kappa shape index (κ3) is 5.59. The number of amides is 3. The largest absolute Gasteiger partial charge is 0.491 e. The number of carbonyl (C=O) groups is 3. The monoisotopic (exact) mass is 419 g/mol. The van der Waals surface area contributed by atoms with E-state index in [0.29, 0.717) is 17.2 Å². The number of para-hydroxylation sites is 1. The predicted octanol–water partition coefficient (Wildman–Crippen LogP) is 1.17. The molecule has 152 valence electrons. The van der Waals surface area contributed by atoms with Crippen LogP contribution in [0.4, 0.5) is 11.4 Å². The highest BCUT2D eigenvalue weighted by Crippen LogP contribution is 2.36. The van der Waals surface area contributed by atoms with E-state index in [1.54, 1.807) is 24.3 Å². The Labute approximate surface area is 170 Å². The fourth-order valence-corrected chi connectivity index (χ4v) is 2.64. The molecule has 4 N–H and O–H groups in total. The number of aliphatic hydroxyl groups is 1. The number of hydrogen-bond donors (Lipinski definition) is 4. The van der Waals surface area contributed by atoms with Crippen LogP contribution < -0.4 is 25.4 Å². The summed E-state index contributed by atoms with van der Waals surface area (Å²) in [5.74, 6) is -1.34. The molecule has 3 rings (SSSR count). The van der Waals surface area contributed by atoms with Crippen LogP contribution in [-0.4, -0.2) is 48.7 Å². The van der Waals surface area contributed by atoms with E-state index in [1.807, 2.05) is 6.07 Å². The van der Waals surface area contributed by atoms with Gasteiger partial charge in [0.2, 0.25) is 0 Å². The number of rotatable bonds is 6. The van der Waals surface area contributed by atoms with Gasteiger partial charge in [0.25, 0.3) is 5.91 Å². The Balaban J connectivity index is 1.49. The lowest BCUT2D eigenvalue weighted by Crippen LogP contribution is -2.41. The van der Waals surface area contributed by atoms with Crippen molar-refractivity contribution in [2.75, 3.05) is 30.4 Å². The van der Waals surface area contributed by atoms with Gasteiger partial charge in [0.1, 0.15) is 24.2 Å². The van der Waals surface area contributed by atoms with Crippen molar-refractivity contribution in [1.82, 2.24) is 5.32 Å². The normalized spacial score (nSPS) is 13.4. The molecule has 0 saturated heterocycles. The van der Waals surface area contributed by atoms with Gasteiger partial charge in [0.05, 0.1) is 16.4 Å². The molecule has 3 amide bonds. The number of nitrogens with one attached hydrogen (secondary N) is 3. The molecular weight excluding hydrogens is 402 g/mol. The minimum Gasteiger partial charge on any atom is -0.491 e. The second kappa shape index (κ2) is 9.26. The Morgan fingerprint density at radius 2 is 2.00 bits per heavy atom. The van der Waals surface area contributed by atoms with E-state index >= 15 is 0 Å². The summed E-state index contributed by atoms with van der Waals surface area (Å²) in [7, 11) is 0. The van der Waals surface area contributed by atoms with Crippen LogP contribution in [-0.2, 0) is 14.4 Å². The Hall–Kier alpha value is -3.30. The van der Waals surface area contributed by atoms with Gasteiger partial charge in [-0.15, -0.1) is 0 Å². The first-order valence-corrected chi connectivity index (χ1v) is 9.01. The van der Waals surface area contributed by atoms with Gasteiger partial charge in [-0.1, -0.05) is 29.8 Å². The maximum Gasteiger partial charge on any atom is 0.313 e. The maximum absolute atomic E-state index is 12.1.